The zero-order valence-electron chi connectivity index (χ0n) is 18.3. The number of H-pyrrole nitrogens is 1. The minimum atomic E-state index is -0.418. The van der Waals surface area contributed by atoms with Gasteiger partial charge in [-0.2, -0.15) is 0 Å². The van der Waals surface area contributed by atoms with E-state index in [0.717, 1.165) is 28.9 Å². The van der Waals surface area contributed by atoms with Crippen LogP contribution >= 0.6 is 0 Å². The first kappa shape index (κ1) is 21.0. The highest BCUT2D eigenvalue weighted by atomic mass is 16.5. The molecule has 0 saturated carbocycles. The molecule has 1 atom stereocenters. The highest BCUT2D eigenvalue weighted by Crippen LogP contribution is 2.46. The van der Waals surface area contributed by atoms with Crippen LogP contribution in [0.5, 0.6) is 0 Å². The van der Waals surface area contributed by atoms with E-state index < -0.39 is 5.92 Å². The maximum absolute atomic E-state index is 13.2. The monoisotopic (exact) mass is 417 g/mol. The fourth-order valence-electron chi connectivity index (χ4n) is 4.62. The fourth-order valence-corrected chi connectivity index (χ4v) is 4.62. The number of aromatic amines is 1. The molecule has 0 radical (unpaired) electrons. The molecule has 2 aromatic rings. The van der Waals surface area contributed by atoms with Crippen LogP contribution in [-0.4, -0.2) is 18.4 Å². The molecule has 1 aliphatic heterocycles. The quantitative estimate of drug-likeness (QED) is 0.750. The van der Waals surface area contributed by atoms with Crippen molar-refractivity contribution in [1.29, 1.82) is 0 Å². The van der Waals surface area contributed by atoms with Crippen molar-refractivity contribution in [2.75, 3.05) is 6.61 Å². The third-order valence-electron chi connectivity index (χ3n) is 6.00. The molecular formula is C26H29N2O3+. The number of pyridine rings is 1. The summed E-state index contributed by atoms with van der Waals surface area (Å²) in [5.74, 6) is -0.694. The summed E-state index contributed by atoms with van der Waals surface area (Å²) in [6.45, 7) is 6.40. The maximum atomic E-state index is 13.2. The number of hydrogen-bond acceptors (Lipinski definition) is 4. The summed E-state index contributed by atoms with van der Waals surface area (Å²) in [6.07, 6.45) is 5.54. The van der Waals surface area contributed by atoms with Gasteiger partial charge >= 0.3 is 5.97 Å². The zero-order valence-corrected chi connectivity index (χ0v) is 18.3. The summed E-state index contributed by atoms with van der Waals surface area (Å²) in [5, 5.41) is 3.37. The average Bonchev–Trinajstić information content (AvgIpc) is 2.73. The first-order valence-corrected chi connectivity index (χ1v) is 10.8. The van der Waals surface area contributed by atoms with E-state index in [1.807, 2.05) is 61.8 Å². The molecule has 0 fully saturated rings. The Morgan fingerprint density at radius 2 is 1.84 bits per heavy atom. The Labute approximate surface area is 183 Å². The molecule has 1 unspecified atom stereocenters. The summed E-state index contributed by atoms with van der Waals surface area (Å²) in [4.78, 5) is 29.5. The van der Waals surface area contributed by atoms with Gasteiger partial charge in [0, 0.05) is 47.9 Å². The third kappa shape index (κ3) is 4.46. The van der Waals surface area contributed by atoms with Gasteiger partial charge in [-0.1, -0.05) is 44.2 Å². The van der Waals surface area contributed by atoms with Crippen molar-refractivity contribution in [2.45, 2.75) is 46.0 Å². The third-order valence-corrected chi connectivity index (χ3v) is 6.00. The molecule has 31 heavy (non-hydrogen) atoms. The largest absolute Gasteiger partial charge is 0.462 e. The van der Waals surface area contributed by atoms with Gasteiger partial charge in [0.05, 0.1) is 12.2 Å². The number of Topliss-reactive ketones (excluding diaryl/α,β-unsaturated/α-hetero) is 1. The molecule has 2 heterocycles. The van der Waals surface area contributed by atoms with Gasteiger partial charge in [0.25, 0.3) is 0 Å². The molecule has 5 nitrogen and oxygen atoms in total. The van der Waals surface area contributed by atoms with Crippen molar-refractivity contribution in [3.63, 3.8) is 0 Å². The van der Waals surface area contributed by atoms with Crippen molar-refractivity contribution < 1.29 is 19.3 Å². The zero-order chi connectivity index (χ0) is 22.0. The molecule has 4 rings (SSSR count). The SMILES string of the molecule is CC1=C(C(=O)OCCc2ccccc2)C(c2cc[nH+]cc2)C2=C(CC(C)(C)CC2=O)N1. The number of carbonyl (C=O) groups is 2. The van der Waals surface area contributed by atoms with E-state index in [2.05, 4.69) is 24.1 Å². The highest BCUT2D eigenvalue weighted by Gasteiger charge is 2.43. The van der Waals surface area contributed by atoms with E-state index in [1.54, 1.807) is 0 Å². The summed E-state index contributed by atoms with van der Waals surface area (Å²) < 4.78 is 5.68. The Bertz CT molecular complexity index is 1050. The van der Waals surface area contributed by atoms with Gasteiger partial charge in [-0.25, -0.2) is 9.78 Å². The van der Waals surface area contributed by atoms with Crippen LogP contribution in [0.15, 0.2) is 77.4 Å². The molecular weight excluding hydrogens is 388 g/mol. The molecule has 160 valence electrons. The molecule has 0 spiro atoms. The molecule has 1 aromatic heterocycles. The highest BCUT2D eigenvalue weighted by molar-refractivity contribution is 6.04. The number of ketones is 1. The molecule has 1 aromatic carbocycles. The topological polar surface area (TPSA) is 69.5 Å². The summed E-state index contributed by atoms with van der Waals surface area (Å²) in [7, 11) is 0. The predicted octanol–water partition coefficient (Wildman–Crippen LogP) is 3.89. The van der Waals surface area contributed by atoms with E-state index in [4.69, 9.17) is 4.74 Å². The van der Waals surface area contributed by atoms with Crippen molar-refractivity contribution in [1.82, 2.24) is 5.32 Å². The van der Waals surface area contributed by atoms with Crippen molar-refractivity contribution in [3.05, 3.63) is 88.5 Å². The Morgan fingerprint density at radius 3 is 2.55 bits per heavy atom. The van der Waals surface area contributed by atoms with E-state index in [-0.39, 0.29) is 17.2 Å². The van der Waals surface area contributed by atoms with E-state index in [0.29, 0.717) is 30.6 Å². The molecule has 0 saturated heterocycles. The van der Waals surface area contributed by atoms with Crippen LogP contribution in [0, 0.1) is 5.41 Å². The lowest BCUT2D eigenvalue weighted by molar-refractivity contribution is -0.378. The van der Waals surface area contributed by atoms with Crippen LogP contribution in [0.3, 0.4) is 0 Å². The molecule has 5 heteroatoms. The van der Waals surface area contributed by atoms with E-state index >= 15 is 0 Å². The number of nitrogens with one attached hydrogen (secondary N) is 2. The predicted molar refractivity (Wildman–Crippen MR) is 118 cm³/mol. The lowest BCUT2D eigenvalue weighted by atomic mass is 9.68. The number of allylic oxidation sites excluding steroid dienone is 3. The van der Waals surface area contributed by atoms with Crippen LogP contribution in [0.25, 0.3) is 0 Å². The second-order valence-electron chi connectivity index (χ2n) is 9.13. The lowest BCUT2D eigenvalue weighted by Gasteiger charge is -2.39. The Hall–Kier alpha value is -3.21. The molecule has 1 aliphatic carbocycles. The number of benzene rings is 1. The normalized spacial score (nSPS) is 20.2. The minimum absolute atomic E-state index is 0.0960. The summed E-state index contributed by atoms with van der Waals surface area (Å²) in [6, 6.07) is 13.8. The smallest absolute Gasteiger partial charge is 0.336 e. The van der Waals surface area contributed by atoms with E-state index in [9.17, 15) is 9.59 Å². The van der Waals surface area contributed by atoms with Gasteiger partial charge in [0.2, 0.25) is 0 Å². The van der Waals surface area contributed by atoms with Crippen LogP contribution in [0.4, 0.5) is 0 Å². The van der Waals surface area contributed by atoms with Gasteiger partial charge < -0.3 is 10.1 Å². The van der Waals surface area contributed by atoms with Crippen molar-refractivity contribution in [2.24, 2.45) is 5.41 Å². The molecule has 0 amide bonds. The Kier molecular flexibility index (Phi) is 5.77. The number of dihydropyridines is 1. The molecule has 2 N–H and O–H groups in total. The van der Waals surface area contributed by atoms with Gasteiger partial charge in [-0.05, 0) is 29.9 Å². The number of esters is 1. The summed E-state index contributed by atoms with van der Waals surface area (Å²) in [5.41, 5.74) is 4.83. The number of hydrogen-bond donors (Lipinski definition) is 1. The number of carbonyl (C=O) groups excluding carboxylic acids is 2. The standard InChI is InChI=1S/C26H28N2O3/c1-17-22(25(30)31-14-11-18-7-5-4-6-8-18)23(19-9-12-27-13-10-19)24-20(28-17)15-26(2,3)16-21(24)29/h4-10,12-13,23,28H,11,14-16H2,1-3H3/p+1. The van der Waals surface area contributed by atoms with E-state index in [1.165, 1.54) is 0 Å². The Balaban J connectivity index is 1.64. The Morgan fingerprint density at radius 1 is 1.13 bits per heavy atom. The van der Waals surface area contributed by atoms with Crippen LogP contribution < -0.4 is 10.3 Å². The van der Waals surface area contributed by atoms with Crippen LogP contribution in [-0.2, 0) is 20.7 Å². The maximum Gasteiger partial charge on any atom is 0.336 e. The number of aromatic nitrogens is 1. The van der Waals surface area contributed by atoms with Gasteiger partial charge in [0.1, 0.15) is 0 Å². The van der Waals surface area contributed by atoms with Crippen LogP contribution in [0.1, 0.15) is 50.7 Å². The molecule has 2 aliphatic rings. The first-order valence-electron chi connectivity index (χ1n) is 10.8. The second kappa shape index (κ2) is 8.50. The fraction of sp³-hybridized carbons (Fsp3) is 0.346. The molecule has 0 bridgehead atoms. The number of rotatable bonds is 5. The van der Waals surface area contributed by atoms with Crippen LogP contribution in [0.2, 0.25) is 0 Å². The second-order valence-corrected chi connectivity index (χ2v) is 9.13. The minimum Gasteiger partial charge on any atom is -0.462 e. The van der Waals surface area contributed by atoms with Crippen molar-refractivity contribution >= 4 is 11.8 Å². The van der Waals surface area contributed by atoms with Gasteiger partial charge in [-0.15, -0.1) is 0 Å². The first-order chi connectivity index (χ1) is 14.9. The number of ether oxygens (including phenoxy) is 1. The van der Waals surface area contributed by atoms with Crippen molar-refractivity contribution in [3.8, 4) is 0 Å². The van der Waals surface area contributed by atoms with Gasteiger partial charge in [-0.3, -0.25) is 4.79 Å². The summed E-state index contributed by atoms with van der Waals surface area (Å²) >= 11 is 0. The van der Waals surface area contributed by atoms with Gasteiger partial charge in [0.15, 0.2) is 18.2 Å². The lowest BCUT2D eigenvalue weighted by Crippen LogP contribution is -2.38. The average molecular weight is 418 g/mol.